The molecule has 0 aliphatic carbocycles. The van der Waals surface area contributed by atoms with Crippen LogP contribution in [0, 0.1) is 0 Å². The van der Waals surface area contributed by atoms with E-state index < -0.39 is 0 Å². The summed E-state index contributed by atoms with van der Waals surface area (Å²) in [5.41, 5.74) is 2.12. The van der Waals surface area contributed by atoms with Gasteiger partial charge in [-0.2, -0.15) is 0 Å². The Morgan fingerprint density at radius 1 is 1.32 bits per heavy atom. The van der Waals surface area contributed by atoms with Crippen molar-refractivity contribution in [2.75, 3.05) is 6.54 Å². The predicted molar refractivity (Wildman–Crippen MR) is 81.4 cm³/mol. The van der Waals surface area contributed by atoms with Crippen molar-refractivity contribution >= 4 is 34.5 Å². The Morgan fingerprint density at radius 3 is 2.79 bits per heavy atom. The molecule has 0 amide bonds. The molecule has 19 heavy (non-hydrogen) atoms. The highest BCUT2D eigenvalue weighted by atomic mass is 35.5. The van der Waals surface area contributed by atoms with E-state index in [0.717, 1.165) is 22.8 Å². The van der Waals surface area contributed by atoms with Gasteiger partial charge in [0.15, 0.2) is 0 Å². The van der Waals surface area contributed by atoms with Gasteiger partial charge in [-0.15, -0.1) is 11.3 Å². The first-order chi connectivity index (χ1) is 9.24. The van der Waals surface area contributed by atoms with Crippen molar-refractivity contribution in [1.29, 1.82) is 0 Å². The molecule has 1 N–H and O–H groups in total. The lowest BCUT2D eigenvalue weighted by Gasteiger charge is -2.06. The summed E-state index contributed by atoms with van der Waals surface area (Å²) in [5.74, 6) is 0. The van der Waals surface area contributed by atoms with Crippen LogP contribution in [0.3, 0.4) is 0 Å². The lowest BCUT2D eigenvalue weighted by Crippen LogP contribution is -2.13. The van der Waals surface area contributed by atoms with Crippen molar-refractivity contribution < 1.29 is 0 Å². The molecular formula is C14H14Cl2N2S. The Hall–Kier alpha value is -0.610. The number of nitrogens with zero attached hydrogens (tertiary/aromatic N) is 1. The van der Waals surface area contributed by atoms with Crippen molar-refractivity contribution in [1.82, 2.24) is 10.3 Å². The summed E-state index contributed by atoms with van der Waals surface area (Å²) in [6.07, 6.45) is 3.11. The monoisotopic (exact) mass is 312 g/mol. The number of hydrogen-bond donors (Lipinski definition) is 1. The van der Waals surface area contributed by atoms with Crippen molar-refractivity contribution in [3.05, 3.63) is 49.9 Å². The van der Waals surface area contributed by atoms with Crippen LogP contribution in [0.4, 0.5) is 0 Å². The molecule has 1 atom stereocenters. The minimum atomic E-state index is 0.423. The van der Waals surface area contributed by atoms with Gasteiger partial charge >= 0.3 is 0 Å². The summed E-state index contributed by atoms with van der Waals surface area (Å²) in [7, 11) is 0. The smallest absolute Gasteiger partial charge is 0.0974 e. The molecule has 2 heterocycles. The Kier molecular flexibility index (Phi) is 4.08. The summed E-state index contributed by atoms with van der Waals surface area (Å²) < 4.78 is 0. The van der Waals surface area contributed by atoms with Gasteiger partial charge in [0, 0.05) is 21.8 Å². The first-order valence-corrected chi connectivity index (χ1v) is 7.98. The topological polar surface area (TPSA) is 24.9 Å². The summed E-state index contributed by atoms with van der Waals surface area (Å²) >= 11 is 14.1. The lowest BCUT2D eigenvalue weighted by molar-refractivity contribution is 0.630. The minimum absolute atomic E-state index is 0.423. The maximum Gasteiger partial charge on any atom is 0.0974 e. The molecule has 0 spiro atoms. The molecule has 0 radical (unpaired) electrons. The van der Waals surface area contributed by atoms with Crippen LogP contribution in [0.25, 0.3) is 0 Å². The summed E-state index contributed by atoms with van der Waals surface area (Å²) in [6.45, 7) is 1.09. The van der Waals surface area contributed by atoms with Gasteiger partial charge in [-0.25, -0.2) is 4.98 Å². The van der Waals surface area contributed by atoms with E-state index >= 15 is 0 Å². The number of aromatic nitrogens is 1. The zero-order chi connectivity index (χ0) is 13.2. The molecule has 3 rings (SSSR count). The molecule has 1 saturated heterocycles. The zero-order valence-electron chi connectivity index (χ0n) is 10.3. The number of rotatable bonds is 3. The maximum atomic E-state index is 6.19. The van der Waals surface area contributed by atoms with E-state index in [1.165, 1.54) is 12.8 Å². The van der Waals surface area contributed by atoms with E-state index in [1.807, 2.05) is 18.2 Å². The van der Waals surface area contributed by atoms with Crippen LogP contribution >= 0.6 is 34.5 Å². The van der Waals surface area contributed by atoms with E-state index in [-0.39, 0.29) is 0 Å². The Bertz CT molecular complexity index is 556. The highest BCUT2D eigenvalue weighted by Gasteiger charge is 2.19. The van der Waals surface area contributed by atoms with Crippen LogP contribution in [-0.4, -0.2) is 11.5 Å². The molecule has 1 aliphatic rings. The SMILES string of the molecule is Clc1cccc(Cl)c1Cc1nc(C2CCCN2)cs1. The quantitative estimate of drug-likeness (QED) is 0.904. The second-order valence-corrected chi connectivity index (χ2v) is 6.45. The lowest BCUT2D eigenvalue weighted by atomic mass is 10.1. The molecule has 2 aromatic rings. The molecule has 1 aliphatic heterocycles. The first-order valence-electron chi connectivity index (χ1n) is 6.34. The average molecular weight is 313 g/mol. The van der Waals surface area contributed by atoms with Crippen LogP contribution in [0.1, 0.15) is 35.1 Å². The third-order valence-electron chi connectivity index (χ3n) is 3.38. The molecule has 0 saturated carbocycles. The molecule has 1 fully saturated rings. The largest absolute Gasteiger partial charge is 0.309 e. The van der Waals surface area contributed by atoms with E-state index in [2.05, 4.69) is 10.7 Å². The number of thiazole rings is 1. The maximum absolute atomic E-state index is 6.19. The van der Waals surface area contributed by atoms with Crippen LogP contribution in [0.15, 0.2) is 23.6 Å². The van der Waals surface area contributed by atoms with Gasteiger partial charge < -0.3 is 5.32 Å². The van der Waals surface area contributed by atoms with E-state index in [0.29, 0.717) is 22.5 Å². The summed E-state index contributed by atoms with van der Waals surface area (Å²) in [4.78, 5) is 4.71. The second-order valence-electron chi connectivity index (χ2n) is 4.69. The van der Waals surface area contributed by atoms with Crippen molar-refractivity contribution in [2.45, 2.75) is 25.3 Å². The van der Waals surface area contributed by atoms with E-state index in [4.69, 9.17) is 28.2 Å². The first kappa shape index (κ1) is 13.4. The minimum Gasteiger partial charge on any atom is -0.309 e. The van der Waals surface area contributed by atoms with Crippen LogP contribution < -0.4 is 5.32 Å². The van der Waals surface area contributed by atoms with Crippen LogP contribution in [-0.2, 0) is 6.42 Å². The highest BCUT2D eigenvalue weighted by molar-refractivity contribution is 7.09. The normalized spacial score (nSPS) is 18.9. The van der Waals surface area contributed by atoms with Gasteiger partial charge in [-0.1, -0.05) is 29.3 Å². The predicted octanol–water partition coefficient (Wildman–Crippen LogP) is 4.47. The fourth-order valence-corrected chi connectivity index (χ4v) is 3.75. The second kappa shape index (κ2) is 5.80. The Labute approximate surface area is 126 Å². The van der Waals surface area contributed by atoms with Gasteiger partial charge in [0.05, 0.1) is 16.7 Å². The number of benzene rings is 1. The molecule has 1 aromatic carbocycles. The molecule has 1 unspecified atom stereocenters. The number of nitrogens with one attached hydrogen (secondary N) is 1. The highest BCUT2D eigenvalue weighted by Crippen LogP contribution is 2.30. The van der Waals surface area contributed by atoms with Gasteiger partial charge in [0.25, 0.3) is 0 Å². The van der Waals surface area contributed by atoms with Crippen molar-refractivity contribution in [3.63, 3.8) is 0 Å². The Balaban J connectivity index is 1.80. The van der Waals surface area contributed by atoms with Gasteiger partial charge in [-0.05, 0) is 37.1 Å². The number of halogens is 2. The molecule has 100 valence electrons. The molecule has 1 aromatic heterocycles. The average Bonchev–Trinajstić information content (AvgIpc) is 3.04. The third kappa shape index (κ3) is 2.95. The number of hydrogen-bond acceptors (Lipinski definition) is 3. The van der Waals surface area contributed by atoms with Crippen LogP contribution in [0.5, 0.6) is 0 Å². The summed E-state index contributed by atoms with van der Waals surface area (Å²) in [5, 5.41) is 8.10. The van der Waals surface area contributed by atoms with Gasteiger partial charge in [0.2, 0.25) is 0 Å². The van der Waals surface area contributed by atoms with Crippen molar-refractivity contribution in [2.24, 2.45) is 0 Å². The van der Waals surface area contributed by atoms with Gasteiger partial charge in [-0.3, -0.25) is 0 Å². The molecular weight excluding hydrogens is 299 g/mol. The van der Waals surface area contributed by atoms with Crippen molar-refractivity contribution in [3.8, 4) is 0 Å². The fraction of sp³-hybridized carbons (Fsp3) is 0.357. The van der Waals surface area contributed by atoms with E-state index in [1.54, 1.807) is 11.3 Å². The van der Waals surface area contributed by atoms with Gasteiger partial charge in [0.1, 0.15) is 0 Å². The standard InChI is InChI=1S/C14H14Cl2N2S/c15-10-3-1-4-11(16)9(10)7-14-18-13(8-19-14)12-5-2-6-17-12/h1,3-4,8,12,17H,2,5-7H2. The zero-order valence-corrected chi connectivity index (χ0v) is 12.7. The summed E-state index contributed by atoms with van der Waals surface area (Å²) in [6, 6.07) is 6.03. The molecule has 5 heteroatoms. The molecule has 0 bridgehead atoms. The fourth-order valence-electron chi connectivity index (χ4n) is 2.36. The molecule has 2 nitrogen and oxygen atoms in total. The Morgan fingerprint density at radius 2 is 2.11 bits per heavy atom. The third-order valence-corrected chi connectivity index (χ3v) is 4.95. The van der Waals surface area contributed by atoms with E-state index in [9.17, 15) is 0 Å². The van der Waals surface area contributed by atoms with Crippen LogP contribution in [0.2, 0.25) is 10.0 Å².